The summed E-state index contributed by atoms with van der Waals surface area (Å²) in [6, 6.07) is 24.1. The second kappa shape index (κ2) is 11.0. The largest absolute Gasteiger partial charge is 0.459 e. The minimum absolute atomic E-state index is 0.0565. The fourth-order valence-electron chi connectivity index (χ4n) is 5.90. The van der Waals surface area contributed by atoms with E-state index in [9.17, 15) is 19.7 Å². The van der Waals surface area contributed by atoms with E-state index < -0.39 is 39.9 Å². The Balaban J connectivity index is 1.72. The van der Waals surface area contributed by atoms with Crippen LogP contribution in [0.5, 0.6) is 0 Å². The highest BCUT2D eigenvalue weighted by atomic mass is 32.2. The second-order valence-electron chi connectivity index (χ2n) is 11.3. The van der Waals surface area contributed by atoms with Crippen LogP contribution in [-0.4, -0.2) is 39.8 Å². The van der Waals surface area contributed by atoms with E-state index >= 15 is 0 Å². The summed E-state index contributed by atoms with van der Waals surface area (Å²) in [6.45, 7) is 5.44. The van der Waals surface area contributed by atoms with Crippen molar-refractivity contribution in [1.82, 2.24) is 5.32 Å². The van der Waals surface area contributed by atoms with Crippen LogP contribution in [0.2, 0.25) is 0 Å². The van der Waals surface area contributed by atoms with Gasteiger partial charge in [0.05, 0.1) is 10.3 Å². The molecular weight excluding hydrogens is 524 g/mol. The number of esters is 1. The molecule has 0 aliphatic carbocycles. The maximum absolute atomic E-state index is 14.8. The standard InChI is InChI=1S/C32H32N2O5S/c1-31(2,3)39-30(36)27-26(22-13-8-5-9-14-22)32(28(33-27)23-15-10-16-25(18-23)34(37)38)20-40-19-24(29(32)35)17-21-11-6-4-7-12-21/h4-18,26-28,33H,19-20H2,1-3H3/b24-17+. The number of rotatable bonds is 5. The Labute approximate surface area is 238 Å². The summed E-state index contributed by atoms with van der Waals surface area (Å²) < 4.78 is 5.87. The molecule has 4 atom stereocenters. The number of nitro benzene ring substituents is 1. The SMILES string of the molecule is CC(C)(C)OC(=O)C1NC(c2cccc([N+](=O)[O-])c2)C2(CSC/C(=C\c3ccccc3)C2=O)C1c1ccccc1. The number of nitrogens with zero attached hydrogens (tertiary/aromatic N) is 1. The van der Waals surface area contributed by atoms with Crippen molar-refractivity contribution in [3.8, 4) is 0 Å². The Morgan fingerprint density at radius 2 is 1.68 bits per heavy atom. The number of ketones is 1. The number of hydrogen-bond acceptors (Lipinski definition) is 7. The fourth-order valence-corrected chi connectivity index (χ4v) is 7.25. The first-order valence-electron chi connectivity index (χ1n) is 13.3. The zero-order chi connectivity index (χ0) is 28.5. The van der Waals surface area contributed by atoms with E-state index in [1.165, 1.54) is 12.1 Å². The van der Waals surface area contributed by atoms with Gasteiger partial charge in [-0.25, -0.2) is 0 Å². The van der Waals surface area contributed by atoms with Gasteiger partial charge in [0.1, 0.15) is 11.6 Å². The first kappa shape index (κ1) is 27.8. The van der Waals surface area contributed by atoms with Gasteiger partial charge in [0.25, 0.3) is 5.69 Å². The molecule has 206 valence electrons. The summed E-state index contributed by atoms with van der Waals surface area (Å²) in [7, 11) is 0. The quantitative estimate of drug-likeness (QED) is 0.175. The van der Waals surface area contributed by atoms with Crippen molar-refractivity contribution >= 4 is 35.3 Å². The van der Waals surface area contributed by atoms with Crippen LogP contribution in [0, 0.1) is 15.5 Å². The van der Waals surface area contributed by atoms with Crippen molar-refractivity contribution in [3.63, 3.8) is 0 Å². The van der Waals surface area contributed by atoms with Gasteiger partial charge in [0.15, 0.2) is 5.78 Å². The second-order valence-corrected chi connectivity index (χ2v) is 12.3. The van der Waals surface area contributed by atoms with E-state index in [0.717, 1.165) is 11.1 Å². The molecule has 1 spiro atoms. The smallest absolute Gasteiger partial charge is 0.324 e. The third-order valence-electron chi connectivity index (χ3n) is 7.44. The summed E-state index contributed by atoms with van der Waals surface area (Å²) in [4.78, 5) is 39.8. The maximum atomic E-state index is 14.8. The molecule has 8 heteroatoms. The monoisotopic (exact) mass is 556 g/mol. The Bertz CT molecular complexity index is 1450. The van der Waals surface area contributed by atoms with E-state index in [-0.39, 0.29) is 11.5 Å². The number of Topliss-reactive ketones (excluding diaryl/α,β-unsaturated/α-hetero) is 1. The summed E-state index contributed by atoms with van der Waals surface area (Å²) in [6.07, 6.45) is 1.92. The molecule has 2 aliphatic heterocycles. The van der Waals surface area contributed by atoms with Crippen LogP contribution in [0.3, 0.4) is 0 Å². The summed E-state index contributed by atoms with van der Waals surface area (Å²) in [5.41, 5.74) is 1.11. The lowest BCUT2D eigenvalue weighted by Gasteiger charge is -2.42. The van der Waals surface area contributed by atoms with Gasteiger partial charge in [-0.3, -0.25) is 25.0 Å². The number of non-ortho nitro benzene ring substituents is 1. The molecule has 0 radical (unpaired) electrons. The minimum atomic E-state index is -1.10. The lowest BCUT2D eigenvalue weighted by molar-refractivity contribution is -0.384. The van der Waals surface area contributed by atoms with Gasteiger partial charge in [0.2, 0.25) is 0 Å². The number of carbonyl (C=O) groups is 2. The van der Waals surface area contributed by atoms with E-state index in [1.807, 2.05) is 87.5 Å². The molecule has 5 rings (SSSR count). The van der Waals surface area contributed by atoms with Gasteiger partial charge in [-0.05, 0) is 43.5 Å². The Morgan fingerprint density at radius 1 is 1.02 bits per heavy atom. The molecule has 0 aromatic heterocycles. The van der Waals surface area contributed by atoms with Crippen molar-refractivity contribution in [2.24, 2.45) is 5.41 Å². The minimum Gasteiger partial charge on any atom is -0.459 e. The first-order valence-corrected chi connectivity index (χ1v) is 14.4. The topological polar surface area (TPSA) is 98.5 Å². The number of thioether (sulfide) groups is 1. The number of nitro groups is 1. The normalized spacial score (nSPS) is 25.7. The molecule has 1 N–H and O–H groups in total. The van der Waals surface area contributed by atoms with Crippen LogP contribution in [0.4, 0.5) is 5.69 Å². The highest BCUT2D eigenvalue weighted by Crippen LogP contribution is 2.58. The van der Waals surface area contributed by atoms with Crippen molar-refractivity contribution < 1.29 is 19.2 Å². The molecule has 2 heterocycles. The fraction of sp³-hybridized carbons (Fsp3) is 0.312. The number of hydrogen-bond donors (Lipinski definition) is 1. The molecule has 2 fully saturated rings. The maximum Gasteiger partial charge on any atom is 0.324 e. The van der Waals surface area contributed by atoms with E-state index in [2.05, 4.69) is 5.32 Å². The van der Waals surface area contributed by atoms with Gasteiger partial charge < -0.3 is 4.74 Å². The summed E-state index contributed by atoms with van der Waals surface area (Å²) in [5, 5.41) is 15.2. The third kappa shape index (κ3) is 5.33. The van der Waals surface area contributed by atoms with Crippen LogP contribution in [0.1, 0.15) is 49.4 Å². The van der Waals surface area contributed by atoms with Crippen LogP contribution >= 0.6 is 11.8 Å². The van der Waals surface area contributed by atoms with Crippen molar-refractivity contribution in [2.75, 3.05) is 11.5 Å². The van der Waals surface area contributed by atoms with E-state index in [1.54, 1.807) is 23.9 Å². The highest BCUT2D eigenvalue weighted by Gasteiger charge is 2.63. The van der Waals surface area contributed by atoms with Crippen LogP contribution in [0.15, 0.2) is 90.5 Å². The van der Waals surface area contributed by atoms with Crippen molar-refractivity contribution in [1.29, 1.82) is 0 Å². The molecule has 0 bridgehead atoms. The number of carbonyl (C=O) groups excluding carboxylic acids is 2. The van der Waals surface area contributed by atoms with Gasteiger partial charge in [-0.1, -0.05) is 72.8 Å². The molecule has 40 heavy (non-hydrogen) atoms. The number of nitrogens with one attached hydrogen (secondary N) is 1. The Hall–Kier alpha value is -3.75. The van der Waals surface area contributed by atoms with Gasteiger partial charge in [-0.2, -0.15) is 11.8 Å². The molecular formula is C32H32N2O5S. The van der Waals surface area contributed by atoms with Crippen molar-refractivity contribution in [3.05, 3.63) is 117 Å². The molecule has 3 aromatic rings. The zero-order valence-corrected chi connectivity index (χ0v) is 23.5. The molecule has 0 amide bonds. The Morgan fingerprint density at radius 3 is 2.33 bits per heavy atom. The van der Waals surface area contributed by atoms with E-state index in [4.69, 9.17) is 4.74 Å². The number of benzene rings is 3. The van der Waals surface area contributed by atoms with Crippen LogP contribution in [-0.2, 0) is 14.3 Å². The molecule has 4 unspecified atom stereocenters. The Kier molecular flexibility index (Phi) is 7.66. The molecule has 7 nitrogen and oxygen atoms in total. The molecule has 0 saturated carbocycles. The third-order valence-corrected chi connectivity index (χ3v) is 8.63. The predicted octanol–water partition coefficient (Wildman–Crippen LogP) is 6.12. The summed E-state index contributed by atoms with van der Waals surface area (Å²) in [5.74, 6) is -0.0932. The van der Waals surface area contributed by atoms with Crippen LogP contribution in [0.25, 0.3) is 6.08 Å². The van der Waals surface area contributed by atoms with Crippen LogP contribution < -0.4 is 5.32 Å². The highest BCUT2D eigenvalue weighted by molar-refractivity contribution is 7.99. The summed E-state index contributed by atoms with van der Waals surface area (Å²) >= 11 is 1.64. The molecule has 2 aliphatic rings. The van der Waals surface area contributed by atoms with Gasteiger partial charge in [0, 0.05) is 41.2 Å². The predicted molar refractivity (Wildman–Crippen MR) is 157 cm³/mol. The zero-order valence-electron chi connectivity index (χ0n) is 22.7. The molecule has 3 aromatic carbocycles. The van der Waals surface area contributed by atoms with Gasteiger partial charge in [-0.15, -0.1) is 0 Å². The van der Waals surface area contributed by atoms with Gasteiger partial charge >= 0.3 is 5.97 Å². The average molecular weight is 557 g/mol. The number of ether oxygens (including phenoxy) is 1. The molecule has 2 saturated heterocycles. The first-order chi connectivity index (χ1) is 19.1. The van der Waals surface area contributed by atoms with E-state index in [0.29, 0.717) is 22.6 Å². The lowest BCUT2D eigenvalue weighted by Crippen LogP contribution is -2.47. The van der Waals surface area contributed by atoms with Crippen molar-refractivity contribution in [2.45, 2.75) is 44.4 Å². The lowest BCUT2D eigenvalue weighted by atomic mass is 9.64. The average Bonchev–Trinajstić information content (AvgIpc) is 3.27.